The first kappa shape index (κ1) is 22.8. The van der Waals surface area contributed by atoms with Crippen molar-refractivity contribution >= 4 is 17.6 Å². The van der Waals surface area contributed by atoms with Crippen molar-refractivity contribution in [3.63, 3.8) is 0 Å². The van der Waals surface area contributed by atoms with Crippen LogP contribution in [0.2, 0.25) is 0 Å². The van der Waals surface area contributed by atoms with E-state index in [1.54, 1.807) is 5.43 Å². The summed E-state index contributed by atoms with van der Waals surface area (Å²) in [5.74, 6) is -9.64. The maximum atomic E-state index is 13.8. The van der Waals surface area contributed by atoms with E-state index in [0.717, 1.165) is 6.21 Å². The molecule has 0 aliphatic heterocycles. The van der Waals surface area contributed by atoms with Crippen LogP contribution in [0.5, 0.6) is 0 Å². The van der Waals surface area contributed by atoms with Crippen LogP contribution in [0.15, 0.2) is 39.9 Å². The van der Waals surface area contributed by atoms with Crippen LogP contribution in [0.1, 0.15) is 16.9 Å². The second-order valence-corrected chi connectivity index (χ2v) is 6.33. The predicted molar refractivity (Wildman–Crippen MR) is 98.0 cm³/mol. The topological polar surface area (TPSA) is 80.7 Å². The number of nitro groups is 1. The lowest BCUT2D eigenvalue weighted by molar-refractivity contribution is -0.385. The minimum Gasteiger partial charge on any atom is -0.455 e. The van der Waals surface area contributed by atoms with Crippen molar-refractivity contribution in [2.75, 3.05) is 5.43 Å². The molecule has 0 spiro atoms. The lowest BCUT2D eigenvalue weighted by atomic mass is 10.1. The molecule has 168 valence electrons. The van der Waals surface area contributed by atoms with Crippen molar-refractivity contribution in [1.29, 1.82) is 0 Å². The number of furan rings is 1. The first-order chi connectivity index (χ1) is 14.9. The molecule has 1 heterocycles. The quantitative estimate of drug-likeness (QED) is 0.162. The van der Waals surface area contributed by atoms with Crippen molar-refractivity contribution in [3.8, 4) is 11.3 Å². The van der Waals surface area contributed by atoms with E-state index >= 15 is 0 Å². The van der Waals surface area contributed by atoms with Gasteiger partial charge in [-0.25, -0.2) is 17.6 Å². The van der Waals surface area contributed by atoms with Gasteiger partial charge in [-0.1, -0.05) is 0 Å². The average molecular weight is 461 g/mol. The molecule has 0 unspecified atom stereocenters. The first-order valence-corrected chi connectivity index (χ1v) is 8.49. The van der Waals surface area contributed by atoms with E-state index in [9.17, 15) is 40.8 Å². The molecule has 0 amide bonds. The van der Waals surface area contributed by atoms with E-state index in [1.807, 2.05) is 0 Å². The zero-order valence-corrected chi connectivity index (χ0v) is 15.7. The van der Waals surface area contributed by atoms with Crippen molar-refractivity contribution in [3.05, 3.63) is 80.6 Å². The molecule has 3 aromatic rings. The fraction of sp³-hybridized carbons (Fsp3) is 0.105. The standard InChI is InChI=1S/C19H10F7N3O3/c1-8-6-9(2-4-11(8)29(30)31)12-5-3-10(32-12)7-27-28-18-16(22)14(20)13(19(24,25)26)15(21)17(18)23/h2-7,28H,1H3/b27-7-. The third kappa shape index (κ3) is 4.26. The van der Waals surface area contributed by atoms with Crippen LogP contribution < -0.4 is 5.43 Å². The molecular formula is C19H10F7N3O3. The van der Waals surface area contributed by atoms with E-state index in [-0.39, 0.29) is 17.2 Å². The molecule has 2 aromatic carbocycles. The van der Waals surface area contributed by atoms with Gasteiger partial charge in [-0.3, -0.25) is 15.5 Å². The molecule has 0 aliphatic carbocycles. The highest BCUT2D eigenvalue weighted by atomic mass is 19.4. The van der Waals surface area contributed by atoms with Gasteiger partial charge in [0.05, 0.1) is 11.1 Å². The summed E-state index contributed by atoms with van der Waals surface area (Å²) in [6.07, 6.45) is -4.81. The van der Waals surface area contributed by atoms with Gasteiger partial charge in [0.15, 0.2) is 23.3 Å². The summed E-state index contributed by atoms with van der Waals surface area (Å²) in [4.78, 5) is 10.3. The Morgan fingerprint density at radius 3 is 2.19 bits per heavy atom. The van der Waals surface area contributed by atoms with E-state index < -0.39 is 45.6 Å². The monoisotopic (exact) mass is 461 g/mol. The van der Waals surface area contributed by atoms with Crippen LogP contribution in [0, 0.1) is 40.3 Å². The normalized spacial score (nSPS) is 11.9. The third-order valence-corrected chi connectivity index (χ3v) is 4.22. The highest BCUT2D eigenvalue weighted by Crippen LogP contribution is 2.38. The largest absolute Gasteiger partial charge is 0.455 e. The Labute approximate surface area is 174 Å². The summed E-state index contributed by atoms with van der Waals surface area (Å²) in [6.45, 7) is 1.52. The third-order valence-electron chi connectivity index (χ3n) is 4.22. The number of hydrogen-bond acceptors (Lipinski definition) is 5. The van der Waals surface area contributed by atoms with Crippen LogP contribution in [0.3, 0.4) is 0 Å². The van der Waals surface area contributed by atoms with Crippen LogP contribution in [-0.2, 0) is 6.18 Å². The minimum atomic E-state index is -5.65. The predicted octanol–water partition coefficient (Wildman–Crippen LogP) is 6.18. The number of hydrazone groups is 1. The van der Waals surface area contributed by atoms with Gasteiger partial charge in [0, 0.05) is 17.2 Å². The lowest BCUT2D eigenvalue weighted by Gasteiger charge is -2.13. The second kappa shape index (κ2) is 8.32. The summed E-state index contributed by atoms with van der Waals surface area (Å²) < 4.78 is 98.0. The van der Waals surface area contributed by atoms with Crippen molar-refractivity contribution in [1.82, 2.24) is 0 Å². The number of halogens is 7. The number of nitrogens with one attached hydrogen (secondary N) is 1. The molecule has 0 saturated heterocycles. The van der Waals surface area contributed by atoms with Gasteiger partial charge in [0.25, 0.3) is 5.69 Å². The molecule has 13 heteroatoms. The van der Waals surface area contributed by atoms with Gasteiger partial charge in [-0.2, -0.15) is 18.3 Å². The molecule has 0 aliphatic rings. The van der Waals surface area contributed by atoms with Gasteiger partial charge in [-0.15, -0.1) is 0 Å². The zero-order chi connectivity index (χ0) is 23.8. The highest BCUT2D eigenvalue weighted by molar-refractivity contribution is 5.78. The maximum absolute atomic E-state index is 13.8. The smallest absolute Gasteiger partial charge is 0.422 e. The Morgan fingerprint density at radius 2 is 1.66 bits per heavy atom. The summed E-state index contributed by atoms with van der Waals surface area (Å²) in [6, 6.07) is 6.95. The Balaban J connectivity index is 1.83. The van der Waals surface area contributed by atoms with Crippen LogP contribution in [0.25, 0.3) is 11.3 Å². The Morgan fingerprint density at radius 1 is 1.03 bits per heavy atom. The SMILES string of the molecule is Cc1cc(-c2ccc(/C=N\Nc3c(F)c(F)c(C(F)(F)F)c(F)c3F)o2)ccc1[N+](=O)[O-]. The van der Waals surface area contributed by atoms with Crippen molar-refractivity contribution < 1.29 is 40.1 Å². The summed E-state index contributed by atoms with van der Waals surface area (Å²) in [7, 11) is 0. The van der Waals surface area contributed by atoms with E-state index in [0.29, 0.717) is 11.1 Å². The summed E-state index contributed by atoms with van der Waals surface area (Å²) >= 11 is 0. The number of nitrogens with zero attached hydrogens (tertiary/aromatic N) is 2. The van der Waals surface area contributed by atoms with Gasteiger partial charge in [0.2, 0.25) is 0 Å². The molecule has 32 heavy (non-hydrogen) atoms. The lowest BCUT2D eigenvalue weighted by Crippen LogP contribution is -2.16. The molecule has 1 aromatic heterocycles. The fourth-order valence-corrected chi connectivity index (χ4v) is 2.73. The molecular weight excluding hydrogens is 451 g/mol. The molecule has 0 fully saturated rings. The minimum absolute atomic E-state index is 0.0165. The molecule has 3 rings (SSSR count). The maximum Gasteiger partial charge on any atom is 0.422 e. The molecule has 1 N–H and O–H groups in total. The summed E-state index contributed by atoms with van der Waals surface area (Å²) in [5.41, 5.74) is -1.94. The number of aryl methyl sites for hydroxylation is 1. The van der Waals surface area contributed by atoms with Crippen LogP contribution in [-0.4, -0.2) is 11.1 Å². The Bertz CT molecular complexity index is 1210. The molecule has 0 atom stereocenters. The Kier molecular flexibility index (Phi) is 5.92. The zero-order valence-electron chi connectivity index (χ0n) is 15.7. The Hall–Kier alpha value is -3.90. The molecule has 0 bridgehead atoms. The molecule has 0 saturated carbocycles. The van der Waals surface area contributed by atoms with Crippen molar-refractivity contribution in [2.24, 2.45) is 5.10 Å². The number of hydrogen-bond donors (Lipinski definition) is 1. The second-order valence-electron chi connectivity index (χ2n) is 6.33. The number of alkyl halides is 3. The number of rotatable bonds is 5. The van der Waals surface area contributed by atoms with Crippen molar-refractivity contribution in [2.45, 2.75) is 13.1 Å². The number of nitro benzene ring substituents is 1. The van der Waals surface area contributed by atoms with E-state index in [4.69, 9.17) is 4.42 Å². The van der Waals surface area contributed by atoms with Gasteiger partial charge < -0.3 is 4.42 Å². The number of benzene rings is 2. The highest BCUT2D eigenvalue weighted by Gasteiger charge is 2.42. The number of anilines is 1. The van der Waals surface area contributed by atoms with E-state index in [2.05, 4.69) is 5.10 Å². The van der Waals surface area contributed by atoms with Gasteiger partial charge in [0.1, 0.15) is 22.8 Å². The molecule has 0 radical (unpaired) electrons. The average Bonchev–Trinajstić information content (AvgIpc) is 3.16. The first-order valence-electron chi connectivity index (χ1n) is 8.49. The molecule has 6 nitrogen and oxygen atoms in total. The van der Waals surface area contributed by atoms with Crippen LogP contribution >= 0.6 is 0 Å². The van der Waals surface area contributed by atoms with E-state index in [1.165, 1.54) is 37.3 Å². The van der Waals surface area contributed by atoms with Gasteiger partial charge >= 0.3 is 6.18 Å². The fourth-order valence-electron chi connectivity index (χ4n) is 2.73. The van der Waals surface area contributed by atoms with Gasteiger partial charge in [-0.05, 0) is 31.2 Å². The van der Waals surface area contributed by atoms with Crippen LogP contribution in [0.4, 0.5) is 42.1 Å². The summed E-state index contributed by atoms with van der Waals surface area (Å²) in [5, 5.41) is 14.2.